The van der Waals surface area contributed by atoms with Crippen molar-refractivity contribution in [3.8, 4) is 0 Å². The number of rotatable bonds is 6. The van der Waals surface area contributed by atoms with Gasteiger partial charge in [-0.15, -0.1) is 0 Å². The molecule has 1 saturated heterocycles. The Morgan fingerprint density at radius 1 is 1.39 bits per heavy atom. The molecule has 9 heteroatoms. The number of nitrogens with one attached hydrogen (secondary N) is 1. The van der Waals surface area contributed by atoms with Crippen molar-refractivity contribution in [3.63, 3.8) is 0 Å². The number of halogens is 2. The molecule has 6 nitrogen and oxygen atoms in total. The van der Waals surface area contributed by atoms with Crippen LogP contribution in [0.4, 0.5) is 14.5 Å². The van der Waals surface area contributed by atoms with Gasteiger partial charge in [-0.05, 0) is 25.0 Å². The van der Waals surface area contributed by atoms with E-state index in [0.717, 1.165) is 41.6 Å². The minimum absolute atomic E-state index is 0.0751. The number of carbonyl (C=O) groups is 1. The van der Waals surface area contributed by atoms with Crippen LogP contribution in [-0.2, 0) is 19.6 Å². The van der Waals surface area contributed by atoms with E-state index < -0.39 is 34.1 Å². The van der Waals surface area contributed by atoms with Gasteiger partial charge in [-0.2, -0.15) is 0 Å². The van der Waals surface area contributed by atoms with Crippen molar-refractivity contribution in [2.75, 3.05) is 30.3 Å². The van der Waals surface area contributed by atoms with Crippen molar-refractivity contribution in [1.29, 1.82) is 0 Å². The molecule has 1 N–H and O–H groups in total. The summed E-state index contributed by atoms with van der Waals surface area (Å²) >= 11 is 0. The van der Waals surface area contributed by atoms with Crippen LogP contribution in [0.25, 0.3) is 0 Å². The van der Waals surface area contributed by atoms with Crippen LogP contribution in [-0.4, -0.2) is 46.4 Å². The van der Waals surface area contributed by atoms with Crippen molar-refractivity contribution in [1.82, 2.24) is 5.32 Å². The maximum absolute atomic E-state index is 13.3. The van der Waals surface area contributed by atoms with E-state index in [1.165, 1.54) is 0 Å². The largest absolute Gasteiger partial charge is 0.376 e. The van der Waals surface area contributed by atoms with E-state index in [0.29, 0.717) is 6.61 Å². The van der Waals surface area contributed by atoms with E-state index in [2.05, 4.69) is 5.32 Å². The molecule has 0 spiro atoms. The molecule has 128 valence electrons. The number of anilines is 1. The summed E-state index contributed by atoms with van der Waals surface area (Å²) in [5, 5.41) is 2.59. The van der Waals surface area contributed by atoms with Crippen molar-refractivity contribution in [2.24, 2.45) is 0 Å². The van der Waals surface area contributed by atoms with Crippen molar-refractivity contribution in [3.05, 3.63) is 29.8 Å². The van der Waals surface area contributed by atoms with Crippen molar-refractivity contribution in [2.45, 2.75) is 18.9 Å². The first-order valence-electron chi connectivity index (χ1n) is 7.08. The van der Waals surface area contributed by atoms with Crippen LogP contribution in [0, 0.1) is 11.6 Å². The van der Waals surface area contributed by atoms with Crippen LogP contribution in [0.1, 0.15) is 12.8 Å². The highest BCUT2D eigenvalue weighted by molar-refractivity contribution is 7.92. The molecular weight excluding hydrogens is 330 g/mol. The van der Waals surface area contributed by atoms with Gasteiger partial charge in [0.1, 0.15) is 6.54 Å². The monoisotopic (exact) mass is 348 g/mol. The molecule has 1 aromatic rings. The molecule has 1 aromatic carbocycles. The fraction of sp³-hybridized carbons (Fsp3) is 0.500. The molecule has 1 aliphatic heterocycles. The number of nitrogens with zero attached hydrogens (tertiary/aromatic N) is 1. The van der Waals surface area contributed by atoms with Gasteiger partial charge in [-0.25, -0.2) is 17.2 Å². The van der Waals surface area contributed by atoms with Gasteiger partial charge in [0.25, 0.3) is 0 Å². The van der Waals surface area contributed by atoms with Crippen LogP contribution in [0.15, 0.2) is 18.2 Å². The number of hydrogen-bond acceptors (Lipinski definition) is 4. The van der Waals surface area contributed by atoms with E-state index >= 15 is 0 Å². The molecule has 0 radical (unpaired) electrons. The minimum atomic E-state index is -3.83. The van der Waals surface area contributed by atoms with Crippen LogP contribution in [0.3, 0.4) is 0 Å². The Hall–Kier alpha value is -1.74. The van der Waals surface area contributed by atoms with Crippen LogP contribution in [0.2, 0.25) is 0 Å². The third kappa shape index (κ3) is 4.87. The molecule has 1 aliphatic rings. The summed E-state index contributed by atoms with van der Waals surface area (Å²) in [4.78, 5) is 11.9. The van der Waals surface area contributed by atoms with Crippen molar-refractivity contribution < 1.29 is 26.7 Å². The fourth-order valence-corrected chi connectivity index (χ4v) is 3.11. The number of amides is 1. The third-order valence-electron chi connectivity index (χ3n) is 3.43. The van der Waals surface area contributed by atoms with Gasteiger partial charge in [0, 0.05) is 19.2 Å². The molecule has 0 saturated carbocycles. The topological polar surface area (TPSA) is 75.7 Å². The number of hydrogen-bond donors (Lipinski definition) is 1. The van der Waals surface area contributed by atoms with E-state index in [1.807, 2.05) is 0 Å². The van der Waals surface area contributed by atoms with E-state index in [1.54, 1.807) is 0 Å². The summed E-state index contributed by atoms with van der Waals surface area (Å²) in [6, 6.07) is 2.66. The molecule has 1 amide bonds. The quantitative estimate of drug-likeness (QED) is 0.833. The lowest BCUT2D eigenvalue weighted by atomic mass is 10.2. The molecule has 2 rings (SSSR count). The van der Waals surface area contributed by atoms with E-state index in [9.17, 15) is 22.0 Å². The maximum Gasteiger partial charge on any atom is 0.240 e. The second-order valence-corrected chi connectivity index (χ2v) is 7.21. The Kier molecular flexibility index (Phi) is 5.53. The summed E-state index contributed by atoms with van der Waals surface area (Å²) in [6.45, 7) is 0.412. The zero-order chi connectivity index (χ0) is 17.0. The summed E-state index contributed by atoms with van der Waals surface area (Å²) < 4.78 is 56.0. The third-order valence-corrected chi connectivity index (χ3v) is 4.57. The number of benzene rings is 1. The van der Waals surface area contributed by atoms with Crippen LogP contribution < -0.4 is 9.62 Å². The predicted octanol–water partition coefficient (Wildman–Crippen LogP) is 1.03. The van der Waals surface area contributed by atoms with Gasteiger partial charge in [0.2, 0.25) is 15.9 Å². The highest BCUT2D eigenvalue weighted by Gasteiger charge is 2.23. The summed E-state index contributed by atoms with van der Waals surface area (Å²) in [5.74, 6) is -2.82. The first-order valence-corrected chi connectivity index (χ1v) is 8.93. The molecule has 0 aromatic heterocycles. The first kappa shape index (κ1) is 17.6. The van der Waals surface area contributed by atoms with Gasteiger partial charge in [-0.3, -0.25) is 9.10 Å². The zero-order valence-electron chi connectivity index (χ0n) is 12.6. The molecule has 1 fully saturated rings. The lowest BCUT2D eigenvalue weighted by Gasteiger charge is -2.22. The van der Waals surface area contributed by atoms with Crippen LogP contribution >= 0.6 is 0 Å². The zero-order valence-corrected chi connectivity index (χ0v) is 13.4. The van der Waals surface area contributed by atoms with E-state index in [4.69, 9.17) is 4.74 Å². The normalized spacial score (nSPS) is 18.0. The van der Waals surface area contributed by atoms with Gasteiger partial charge in [0.05, 0.1) is 18.0 Å². The van der Waals surface area contributed by atoms with E-state index in [-0.39, 0.29) is 18.3 Å². The van der Waals surface area contributed by atoms with Gasteiger partial charge in [0.15, 0.2) is 11.6 Å². The average molecular weight is 348 g/mol. The SMILES string of the molecule is CS(=O)(=O)N(CC(=O)NC[C@@H]1CCCO1)c1ccc(F)c(F)c1. The molecule has 0 aliphatic carbocycles. The smallest absolute Gasteiger partial charge is 0.240 e. The minimum Gasteiger partial charge on any atom is -0.376 e. The lowest BCUT2D eigenvalue weighted by molar-refractivity contribution is -0.120. The molecule has 1 heterocycles. The summed E-state index contributed by atoms with van der Waals surface area (Å²) in [5.41, 5.74) is -0.112. The summed E-state index contributed by atoms with van der Waals surface area (Å²) in [6.07, 6.45) is 2.57. The Labute approximate surface area is 133 Å². The Balaban J connectivity index is 2.06. The Morgan fingerprint density at radius 2 is 2.13 bits per heavy atom. The second-order valence-electron chi connectivity index (χ2n) is 5.31. The standard InChI is InChI=1S/C14H18F2N2O4S/c1-23(20,21)18(10-4-5-12(15)13(16)7-10)9-14(19)17-8-11-3-2-6-22-11/h4-5,7,11H,2-3,6,8-9H2,1H3,(H,17,19)/t11-/m0/s1. The fourth-order valence-electron chi connectivity index (χ4n) is 2.26. The number of ether oxygens (including phenoxy) is 1. The second kappa shape index (κ2) is 7.22. The van der Waals surface area contributed by atoms with Gasteiger partial charge >= 0.3 is 0 Å². The molecular formula is C14H18F2N2O4S. The molecule has 23 heavy (non-hydrogen) atoms. The number of sulfonamides is 1. The van der Waals surface area contributed by atoms with Crippen molar-refractivity contribution >= 4 is 21.6 Å². The highest BCUT2D eigenvalue weighted by Crippen LogP contribution is 2.20. The molecule has 1 atom stereocenters. The van der Waals surface area contributed by atoms with Crippen LogP contribution in [0.5, 0.6) is 0 Å². The summed E-state index contributed by atoms with van der Waals surface area (Å²) in [7, 11) is -3.83. The Bertz CT molecular complexity index is 675. The number of carbonyl (C=O) groups excluding carboxylic acids is 1. The molecule has 0 unspecified atom stereocenters. The Morgan fingerprint density at radius 3 is 2.70 bits per heavy atom. The molecule has 0 bridgehead atoms. The lowest BCUT2D eigenvalue weighted by Crippen LogP contribution is -2.42. The van der Waals surface area contributed by atoms with Gasteiger partial charge in [-0.1, -0.05) is 0 Å². The first-order chi connectivity index (χ1) is 10.8. The average Bonchev–Trinajstić information content (AvgIpc) is 2.98. The maximum atomic E-state index is 13.3. The van der Waals surface area contributed by atoms with Gasteiger partial charge < -0.3 is 10.1 Å². The predicted molar refractivity (Wildman–Crippen MR) is 80.5 cm³/mol. The highest BCUT2D eigenvalue weighted by atomic mass is 32.2.